The Balaban J connectivity index is 0.00000101. The number of carbonyl (C=O) groups is 2. The average molecular weight is 415 g/mol. The van der Waals surface area contributed by atoms with Crippen molar-refractivity contribution in [3.63, 3.8) is 0 Å². The first-order chi connectivity index (χ1) is 14.5. The van der Waals surface area contributed by atoms with E-state index in [0.29, 0.717) is 32.5 Å². The Morgan fingerprint density at radius 1 is 1.03 bits per heavy atom. The molecule has 1 heterocycles. The van der Waals surface area contributed by atoms with Crippen LogP contribution in [0.4, 0.5) is 4.39 Å². The molecule has 2 N–H and O–H groups in total. The van der Waals surface area contributed by atoms with Gasteiger partial charge in [0, 0.05) is 26.2 Å². The lowest BCUT2D eigenvalue weighted by Crippen LogP contribution is -2.53. The van der Waals surface area contributed by atoms with Gasteiger partial charge in [0.1, 0.15) is 5.82 Å². The Labute approximate surface area is 177 Å². The minimum absolute atomic E-state index is 0.0131. The lowest BCUT2D eigenvalue weighted by atomic mass is 9.72. The predicted molar refractivity (Wildman–Crippen MR) is 115 cm³/mol. The van der Waals surface area contributed by atoms with Crippen LogP contribution < -0.4 is 5.32 Å². The van der Waals surface area contributed by atoms with E-state index in [9.17, 15) is 14.0 Å². The molecule has 1 fully saturated rings. The summed E-state index contributed by atoms with van der Waals surface area (Å²) in [7, 11) is 0. The van der Waals surface area contributed by atoms with Gasteiger partial charge in [-0.1, -0.05) is 42.5 Å². The lowest BCUT2D eigenvalue weighted by Gasteiger charge is -2.41. The number of hydrogen-bond acceptors (Lipinski definition) is 3. The fourth-order valence-electron chi connectivity index (χ4n) is 3.76. The van der Waals surface area contributed by atoms with Crippen molar-refractivity contribution in [1.29, 1.82) is 0 Å². The Bertz CT molecular complexity index is 801. The number of aliphatic hydroxyl groups is 1. The summed E-state index contributed by atoms with van der Waals surface area (Å²) in [5.74, 6) is -0.264. The number of piperidine rings is 1. The largest absolute Gasteiger partial charge is 0.397 e. The summed E-state index contributed by atoms with van der Waals surface area (Å²) >= 11 is 0. The van der Waals surface area contributed by atoms with Crippen molar-refractivity contribution >= 4 is 11.8 Å². The summed E-state index contributed by atoms with van der Waals surface area (Å²) < 4.78 is 13.0. The number of carbonyl (C=O) groups excluding carboxylic acids is 2. The molecule has 0 bridgehead atoms. The van der Waals surface area contributed by atoms with Gasteiger partial charge in [-0.2, -0.15) is 0 Å². The van der Waals surface area contributed by atoms with Crippen molar-refractivity contribution in [3.8, 4) is 0 Å². The smallest absolute Gasteiger partial charge is 0.230 e. The summed E-state index contributed by atoms with van der Waals surface area (Å²) in [4.78, 5) is 27.3. The summed E-state index contributed by atoms with van der Waals surface area (Å²) in [5, 5.41) is 10.5. The van der Waals surface area contributed by atoms with Gasteiger partial charge in [-0.05, 0) is 49.9 Å². The molecule has 0 unspecified atom stereocenters. The maximum Gasteiger partial charge on any atom is 0.230 e. The van der Waals surface area contributed by atoms with Crippen LogP contribution >= 0.6 is 0 Å². The van der Waals surface area contributed by atoms with Crippen LogP contribution in [0.2, 0.25) is 0 Å². The number of aliphatic hydroxyl groups excluding tert-OH is 1. The molecule has 1 aliphatic rings. The van der Waals surface area contributed by atoms with Crippen LogP contribution in [0.25, 0.3) is 0 Å². The number of nitrogens with zero attached hydrogens (tertiary/aromatic N) is 1. The van der Waals surface area contributed by atoms with Crippen molar-refractivity contribution in [1.82, 2.24) is 10.2 Å². The van der Waals surface area contributed by atoms with Gasteiger partial charge in [0.25, 0.3) is 0 Å². The van der Waals surface area contributed by atoms with Crippen molar-refractivity contribution < 1.29 is 19.1 Å². The molecule has 1 saturated heterocycles. The Kier molecular flexibility index (Phi) is 8.99. The first-order valence-electron chi connectivity index (χ1n) is 10.4. The molecule has 5 nitrogen and oxygen atoms in total. The molecule has 6 heteroatoms. The number of rotatable bonds is 5. The highest BCUT2D eigenvalue weighted by molar-refractivity contribution is 5.89. The second-order valence-corrected chi connectivity index (χ2v) is 7.31. The van der Waals surface area contributed by atoms with Crippen LogP contribution in [-0.2, 0) is 21.4 Å². The molecule has 0 atom stereocenters. The van der Waals surface area contributed by atoms with Gasteiger partial charge < -0.3 is 15.3 Å². The van der Waals surface area contributed by atoms with Crippen LogP contribution in [0.5, 0.6) is 0 Å². The molecule has 0 aromatic heterocycles. The zero-order chi connectivity index (χ0) is 22.0. The molecular formula is C24H31FN2O3. The lowest BCUT2D eigenvalue weighted by molar-refractivity contribution is -0.136. The first-order valence-corrected chi connectivity index (χ1v) is 10.4. The minimum atomic E-state index is -0.593. The fourth-order valence-corrected chi connectivity index (χ4v) is 3.76. The number of benzene rings is 2. The van der Waals surface area contributed by atoms with E-state index in [1.165, 1.54) is 12.1 Å². The van der Waals surface area contributed by atoms with Crippen molar-refractivity contribution in [2.75, 3.05) is 26.2 Å². The fraction of sp³-hybridized carbons (Fsp3) is 0.417. The molecule has 0 aliphatic carbocycles. The van der Waals surface area contributed by atoms with Crippen molar-refractivity contribution in [2.45, 2.75) is 38.5 Å². The number of nitrogens with one attached hydrogen (secondary N) is 1. The number of hydrogen-bond donors (Lipinski definition) is 2. The van der Waals surface area contributed by atoms with Crippen molar-refractivity contribution in [2.24, 2.45) is 0 Å². The zero-order valence-corrected chi connectivity index (χ0v) is 17.7. The molecule has 30 heavy (non-hydrogen) atoms. The summed E-state index contributed by atoms with van der Waals surface area (Å²) in [6.45, 7) is 5.50. The minimum Gasteiger partial charge on any atom is -0.397 e. The van der Waals surface area contributed by atoms with E-state index in [0.717, 1.165) is 11.1 Å². The van der Waals surface area contributed by atoms with E-state index in [-0.39, 0.29) is 30.7 Å². The first kappa shape index (κ1) is 23.5. The van der Waals surface area contributed by atoms with Gasteiger partial charge in [0.05, 0.1) is 11.8 Å². The van der Waals surface area contributed by atoms with Gasteiger partial charge in [0.15, 0.2) is 0 Å². The third kappa shape index (κ3) is 5.89. The highest BCUT2D eigenvalue weighted by atomic mass is 19.1. The molecule has 162 valence electrons. The Morgan fingerprint density at radius 3 is 2.13 bits per heavy atom. The van der Waals surface area contributed by atoms with Gasteiger partial charge in [-0.15, -0.1) is 0 Å². The van der Waals surface area contributed by atoms with Gasteiger partial charge in [0.2, 0.25) is 11.8 Å². The van der Waals surface area contributed by atoms with Crippen LogP contribution in [0.1, 0.15) is 37.8 Å². The van der Waals surface area contributed by atoms with E-state index >= 15 is 0 Å². The third-order valence-corrected chi connectivity index (χ3v) is 5.34. The quantitative estimate of drug-likeness (QED) is 0.790. The van der Waals surface area contributed by atoms with Crippen LogP contribution in [0, 0.1) is 5.82 Å². The molecule has 0 saturated carbocycles. The standard InChI is InChI=1S/C22H25FN2O2.C2H6O/c1-2-24-21(27)22(18-6-4-3-5-7-18)12-14-25(15-13-22)20(26)16-17-8-10-19(23)11-9-17;1-2-3/h3-11H,2,12-16H2,1H3,(H,24,27);3H,2H2,1H3. The highest BCUT2D eigenvalue weighted by Crippen LogP contribution is 2.36. The molecular weight excluding hydrogens is 383 g/mol. The number of likely N-dealkylation sites (N-methyl/N-ethyl adjacent to an activating group) is 1. The van der Waals surface area contributed by atoms with E-state index in [4.69, 9.17) is 5.11 Å². The highest BCUT2D eigenvalue weighted by Gasteiger charge is 2.43. The number of likely N-dealkylation sites (tertiary alicyclic amines) is 1. The van der Waals surface area contributed by atoms with E-state index in [1.54, 1.807) is 19.1 Å². The Hall–Kier alpha value is -2.73. The second-order valence-electron chi connectivity index (χ2n) is 7.31. The monoisotopic (exact) mass is 414 g/mol. The predicted octanol–water partition coefficient (Wildman–Crippen LogP) is 3.06. The van der Waals surface area contributed by atoms with Gasteiger partial charge >= 0.3 is 0 Å². The molecule has 2 aromatic rings. The maximum atomic E-state index is 13.0. The summed E-state index contributed by atoms with van der Waals surface area (Å²) in [6.07, 6.45) is 1.44. The van der Waals surface area contributed by atoms with Crippen molar-refractivity contribution in [3.05, 3.63) is 71.5 Å². The molecule has 2 aromatic carbocycles. The normalized spacial score (nSPS) is 15.0. The van der Waals surface area contributed by atoms with Gasteiger partial charge in [-0.25, -0.2) is 4.39 Å². The topological polar surface area (TPSA) is 69.6 Å². The second kappa shape index (κ2) is 11.5. The van der Waals surface area contributed by atoms with E-state index < -0.39 is 5.41 Å². The molecule has 3 rings (SSSR count). The molecule has 0 spiro atoms. The van der Waals surface area contributed by atoms with E-state index in [1.807, 2.05) is 42.2 Å². The molecule has 0 radical (unpaired) electrons. The zero-order valence-electron chi connectivity index (χ0n) is 17.7. The summed E-state index contributed by atoms with van der Waals surface area (Å²) in [6, 6.07) is 15.8. The van der Waals surface area contributed by atoms with Gasteiger partial charge in [-0.3, -0.25) is 9.59 Å². The maximum absolute atomic E-state index is 13.0. The third-order valence-electron chi connectivity index (χ3n) is 5.34. The summed E-state index contributed by atoms with van der Waals surface area (Å²) in [5.41, 5.74) is 1.20. The van der Waals surface area contributed by atoms with Crippen LogP contribution in [-0.4, -0.2) is 48.1 Å². The molecule has 1 aliphatic heterocycles. The van der Waals surface area contributed by atoms with Crippen LogP contribution in [0.3, 0.4) is 0 Å². The number of amides is 2. The number of halogens is 1. The van der Waals surface area contributed by atoms with Crippen LogP contribution in [0.15, 0.2) is 54.6 Å². The van der Waals surface area contributed by atoms with E-state index in [2.05, 4.69) is 5.32 Å². The Morgan fingerprint density at radius 2 is 1.60 bits per heavy atom. The molecule has 2 amide bonds. The average Bonchev–Trinajstić information content (AvgIpc) is 2.76. The SMILES string of the molecule is CCNC(=O)C1(c2ccccc2)CCN(C(=O)Cc2ccc(F)cc2)CC1.CCO.